The van der Waals surface area contributed by atoms with E-state index >= 15 is 0 Å². The molecule has 0 aromatic carbocycles. The Balaban J connectivity index is 1.22. The fourth-order valence-corrected chi connectivity index (χ4v) is 6.65. The average molecular weight is 457 g/mol. The summed E-state index contributed by atoms with van der Waals surface area (Å²) in [5, 5.41) is 11.5. The number of ether oxygens (including phenoxy) is 1. The van der Waals surface area contributed by atoms with Crippen molar-refractivity contribution in [1.29, 1.82) is 0 Å². The minimum absolute atomic E-state index is 0.0155. The summed E-state index contributed by atoms with van der Waals surface area (Å²) in [6.07, 6.45) is 18.8. The van der Waals surface area contributed by atoms with Gasteiger partial charge in [0.2, 0.25) is 5.88 Å². The second-order valence-corrected chi connectivity index (χ2v) is 11.5. The third-order valence-corrected chi connectivity index (χ3v) is 8.78. The molecule has 2 bridgehead atoms. The molecular formula is C27H44N4O2. The third kappa shape index (κ3) is 6.12. The van der Waals surface area contributed by atoms with Crippen LogP contribution in [0.2, 0.25) is 0 Å². The molecule has 3 unspecified atom stereocenters. The van der Waals surface area contributed by atoms with Crippen LogP contribution in [-0.2, 0) is 6.54 Å². The Morgan fingerprint density at radius 1 is 1.06 bits per heavy atom. The second-order valence-electron chi connectivity index (χ2n) is 11.5. The first-order chi connectivity index (χ1) is 16.2. The van der Waals surface area contributed by atoms with Gasteiger partial charge in [0.1, 0.15) is 5.56 Å². The zero-order valence-corrected chi connectivity index (χ0v) is 20.6. The number of rotatable bonds is 10. The number of hydrogen-bond donors (Lipinski definition) is 2. The molecule has 1 aromatic heterocycles. The number of nitrogens with zero attached hydrogens (tertiary/aromatic N) is 2. The van der Waals surface area contributed by atoms with Gasteiger partial charge in [0.05, 0.1) is 19.3 Å². The van der Waals surface area contributed by atoms with Crippen LogP contribution in [-0.4, -0.2) is 40.9 Å². The molecule has 5 rings (SSSR count). The van der Waals surface area contributed by atoms with Crippen LogP contribution in [0.4, 0.5) is 0 Å². The highest BCUT2D eigenvalue weighted by atomic mass is 16.5. The van der Waals surface area contributed by atoms with Gasteiger partial charge in [0, 0.05) is 18.6 Å². The monoisotopic (exact) mass is 456 g/mol. The maximum atomic E-state index is 13.4. The first kappa shape index (κ1) is 23.2. The Morgan fingerprint density at radius 3 is 2.55 bits per heavy atom. The Kier molecular flexibility index (Phi) is 7.59. The topological polar surface area (TPSA) is 68.2 Å². The molecule has 33 heavy (non-hydrogen) atoms. The van der Waals surface area contributed by atoms with Crippen molar-refractivity contribution >= 4 is 5.91 Å². The van der Waals surface area contributed by atoms with E-state index in [-0.39, 0.29) is 11.9 Å². The molecule has 4 aliphatic rings. The summed E-state index contributed by atoms with van der Waals surface area (Å²) >= 11 is 0. The van der Waals surface area contributed by atoms with Crippen LogP contribution in [0.1, 0.15) is 101 Å². The molecule has 184 valence electrons. The summed E-state index contributed by atoms with van der Waals surface area (Å²) in [6.45, 7) is 4.51. The minimum Gasteiger partial charge on any atom is -0.477 e. The molecule has 3 atom stereocenters. The van der Waals surface area contributed by atoms with Crippen molar-refractivity contribution in [2.45, 2.75) is 109 Å². The van der Waals surface area contributed by atoms with Gasteiger partial charge in [0.25, 0.3) is 5.91 Å². The number of aromatic nitrogens is 2. The van der Waals surface area contributed by atoms with E-state index < -0.39 is 0 Å². The van der Waals surface area contributed by atoms with Gasteiger partial charge in [-0.25, -0.2) is 4.68 Å². The summed E-state index contributed by atoms with van der Waals surface area (Å²) in [5.41, 5.74) is 0.611. The highest BCUT2D eigenvalue weighted by Gasteiger charge is 2.35. The molecule has 0 saturated heterocycles. The minimum atomic E-state index is -0.0155. The number of amides is 1. The smallest absolute Gasteiger partial charge is 0.258 e. The lowest BCUT2D eigenvalue weighted by atomic mass is 9.66. The molecule has 0 radical (unpaired) electrons. The molecule has 4 saturated carbocycles. The standard InChI is InChI=1S/C27H44N4O2/c1-19(23-15-21-8-5-9-22(14-21)16-23)30-26(32)25-17-29-31(13-12-28-24-10-11-24)27(25)33-18-20-6-3-2-4-7-20/h17,19-24,28H,2-16,18H2,1H3,(H,30,32). The van der Waals surface area contributed by atoms with Gasteiger partial charge in [-0.15, -0.1) is 0 Å². The van der Waals surface area contributed by atoms with Gasteiger partial charge in [0.15, 0.2) is 0 Å². The molecule has 1 aromatic rings. The molecule has 1 heterocycles. The second kappa shape index (κ2) is 10.8. The van der Waals surface area contributed by atoms with Crippen molar-refractivity contribution < 1.29 is 9.53 Å². The summed E-state index contributed by atoms with van der Waals surface area (Å²) in [4.78, 5) is 13.4. The number of nitrogens with one attached hydrogen (secondary N) is 2. The highest BCUT2D eigenvalue weighted by molar-refractivity contribution is 5.96. The zero-order chi connectivity index (χ0) is 22.6. The van der Waals surface area contributed by atoms with Crippen LogP contribution >= 0.6 is 0 Å². The van der Waals surface area contributed by atoms with Gasteiger partial charge in [-0.1, -0.05) is 38.5 Å². The molecule has 4 aliphatic carbocycles. The van der Waals surface area contributed by atoms with Crippen LogP contribution in [0.15, 0.2) is 6.20 Å². The summed E-state index contributed by atoms with van der Waals surface area (Å²) in [6, 6.07) is 0.873. The van der Waals surface area contributed by atoms with E-state index in [2.05, 4.69) is 22.7 Å². The SMILES string of the molecule is CC(NC(=O)c1cnn(CCNC2CC2)c1OCC1CCCCC1)C1CC2CCCC(C2)C1. The Labute approximate surface area is 199 Å². The number of carbonyl (C=O) groups is 1. The highest BCUT2D eigenvalue weighted by Crippen LogP contribution is 2.43. The molecule has 6 heteroatoms. The van der Waals surface area contributed by atoms with Crippen molar-refractivity contribution in [3.8, 4) is 5.88 Å². The van der Waals surface area contributed by atoms with Crippen molar-refractivity contribution in [2.75, 3.05) is 13.2 Å². The van der Waals surface area contributed by atoms with E-state index in [1.54, 1.807) is 6.20 Å². The van der Waals surface area contributed by atoms with E-state index in [0.29, 0.717) is 35.9 Å². The van der Waals surface area contributed by atoms with Gasteiger partial charge < -0.3 is 15.4 Å². The lowest BCUT2D eigenvalue weighted by Gasteiger charge is -2.41. The molecule has 0 spiro atoms. The fraction of sp³-hybridized carbons (Fsp3) is 0.852. The normalized spacial score (nSPS) is 28.9. The molecular weight excluding hydrogens is 412 g/mol. The van der Waals surface area contributed by atoms with Crippen molar-refractivity contribution in [1.82, 2.24) is 20.4 Å². The van der Waals surface area contributed by atoms with Crippen LogP contribution in [0, 0.1) is 23.7 Å². The predicted molar refractivity (Wildman–Crippen MR) is 130 cm³/mol. The molecule has 0 aliphatic heterocycles. The van der Waals surface area contributed by atoms with Crippen molar-refractivity contribution in [3.05, 3.63) is 11.8 Å². The molecule has 1 amide bonds. The van der Waals surface area contributed by atoms with E-state index in [4.69, 9.17) is 4.74 Å². The third-order valence-electron chi connectivity index (χ3n) is 8.78. The first-order valence-electron chi connectivity index (χ1n) is 13.9. The fourth-order valence-electron chi connectivity index (χ4n) is 6.65. The van der Waals surface area contributed by atoms with E-state index in [1.807, 2.05) is 4.68 Å². The number of carbonyl (C=O) groups excluding carboxylic acids is 1. The first-order valence-corrected chi connectivity index (χ1v) is 13.9. The lowest BCUT2D eigenvalue weighted by Crippen LogP contribution is -2.42. The quantitative estimate of drug-likeness (QED) is 0.524. The number of fused-ring (bicyclic) bond motifs is 2. The van der Waals surface area contributed by atoms with Crippen LogP contribution < -0.4 is 15.4 Å². The average Bonchev–Trinajstić information content (AvgIpc) is 3.56. The van der Waals surface area contributed by atoms with Gasteiger partial charge >= 0.3 is 0 Å². The van der Waals surface area contributed by atoms with Crippen molar-refractivity contribution in [2.24, 2.45) is 23.7 Å². The van der Waals surface area contributed by atoms with Crippen LogP contribution in [0.3, 0.4) is 0 Å². The summed E-state index contributed by atoms with van der Waals surface area (Å²) in [7, 11) is 0. The summed E-state index contributed by atoms with van der Waals surface area (Å²) < 4.78 is 8.25. The zero-order valence-electron chi connectivity index (χ0n) is 20.6. The Bertz CT molecular complexity index is 771. The maximum Gasteiger partial charge on any atom is 0.258 e. The van der Waals surface area contributed by atoms with Gasteiger partial charge in [-0.3, -0.25) is 4.79 Å². The van der Waals surface area contributed by atoms with Gasteiger partial charge in [-0.2, -0.15) is 5.10 Å². The number of hydrogen-bond acceptors (Lipinski definition) is 4. The van der Waals surface area contributed by atoms with E-state index in [0.717, 1.165) is 24.9 Å². The summed E-state index contributed by atoms with van der Waals surface area (Å²) in [5.74, 6) is 3.60. The maximum absolute atomic E-state index is 13.4. The van der Waals surface area contributed by atoms with Crippen LogP contribution in [0.25, 0.3) is 0 Å². The molecule has 2 N–H and O–H groups in total. The van der Waals surface area contributed by atoms with Gasteiger partial charge in [-0.05, 0) is 75.5 Å². The lowest BCUT2D eigenvalue weighted by molar-refractivity contribution is 0.0848. The molecule has 6 nitrogen and oxygen atoms in total. The van der Waals surface area contributed by atoms with E-state index in [9.17, 15) is 4.79 Å². The Hall–Kier alpha value is -1.56. The predicted octanol–water partition coefficient (Wildman–Crippen LogP) is 4.93. The molecule has 4 fully saturated rings. The largest absolute Gasteiger partial charge is 0.477 e. The van der Waals surface area contributed by atoms with Crippen molar-refractivity contribution in [3.63, 3.8) is 0 Å². The van der Waals surface area contributed by atoms with E-state index in [1.165, 1.54) is 83.5 Å². The van der Waals surface area contributed by atoms with Crippen LogP contribution in [0.5, 0.6) is 5.88 Å². The Morgan fingerprint density at radius 2 is 1.82 bits per heavy atom.